The van der Waals surface area contributed by atoms with E-state index in [1.165, 1.54) is 0 Å². The number of methoxy groups -OCH3 is 1. The second-order valence-corrected chi connectivity index (χ2v) is 8.53. The average molecular weight is 433 g/mol. The summed E-state index contributed by atoms with van der Waals surface area (Å²) < 4.78 is 11.2. The predicted molar refractivity (Wildman–Crippen MR) is 125 cm³/mol. The Morgan fingerprint density at radius 1 is 1.12 bits per heavy atom. The van der Waals surface area contributed by atoms with Crippen LogP contribution >= 0.6 is 0 Å². The molecule has 7 nitrogen and oxygen atoms in total. The van der Waals surface area contributed by atoms with Crippen molar-refractivity contribution < 1.29 is 14.3 Å². The number of carbonyl (C=O) groups is 1. The Labute approximate surface area is 187 Å². The molecule has 2 N–H and O–H groups in total. The molecule has 7 heteroatoms. The lowest BCUT2D eigenvalue weighted by Gasteiger charge is -2.47. The number of hydrogen-bond donors (Lipinski definition) is 2. The quantitative estimate of drug-likeness (QED) is 0.559. The van der Waals surface area contributed by atoms with Gasteiger partial charge in [0.1, 0.15) is 18.1 Å². The number of likely N-dealkylation sites (N-methyl/N-ethyl adjacent to an activating group) is 1. The Kier molecular flexibility index (Phi) is 5.35. The lowest BCUT2D eigenvalue weighted by Crippen LogP contribution is -2.60. The normalized spacial score (nSPS) is 16.8. The van der Waals surface area contributed by atoms with E-state index in [9.17, 15) is 4.79 Å². The minimum atomic E-state index is -0.242. The molecule has 1 spiro atoms. The second kappa shape index (κ2) is 8.31. The zero-order chi connectivity index (χ0) is 22.1. The summed E-state index contributed by atoms with van der Waals surface area (Å²) in [5, 5.41) is 7.13. The maximum absolute atomic E-state index is 12.3. The van der Waals surface area contributed by atoms with Crippen LogP contribution in [0.1, 0.15) is 6.42 Å². The van der Waals surface area contributed by atoms with E-state index in [0.717, 1.165) is 71.9 Å². The summed E-state index contributed by atoms with van der Waals surface area (Å²) in [5.74, 6) is 1.79. The molecule has 2 aromatic carbocycles. The smallest absolute Gasteiger partial charge is 0.229 e. The minimum absolute atomic E-state index is 0.183. The van der Waals surface area contributed by atoms with Gasteiger partial charge in [-0.2, -0.15) is 0 Å². The Morgan fingerprint density at radius 2 is 1.91 bits per heavy atom. The van der Waals surface area contributed by atoms with E-state index in [-0.39, 0.29) is 11.3 Å². The topological polar surface area (TPSA) is 75.7 Å². The van der Waals surface area contributed by atoms with Gasteiger partial charge in [-0.1, -0.05) is 0 Å². The summed E-state index contributed by atoms with van der Waals surface area (Å²) in [5.41, 5.74) is 3.65. The molecule has 2 saturated heterocycles. The number of nitrogens with zero attached hydrogens (tertiary/aromatic N) is 2. The molecule has 2 aliphatic heterocycles. The number of nitrogens with one attached hydrogen (secondary N) is 2. The van der Waals surface area contributed by atoms with Gasteiger partial charge in [-0.25, -0.2) is 4.98 Å². The monoisotopic (exact) mass is 432 g/mol. The van der Waals surface area contributed by atoms with E-state index in [0.29, 0.717) is 6.61 Å². The van der Waals surface area contributed by atoms with Gasteiger partial charge in [0.05, 0.1) is 23.7 Å². The van der Waals surface area contributed by atoms with Crippen LogP contribution in [0, 0.1) is 5.41 Å². The maximum atomic E-state index is 12.3. The van der Waals surface area contributed by atoms with Gasteiger partial charge < -0.3 is 25.0 Å². The zero-order valence-corrected chi connectivity index (χ0v) is 18.5. The molecule has 5 rings (SSSR count). The summed E-state index contributed by atoms with van der Waals surface area (Å²) in [6, 6.07) is 16.1. The first-order valence-electron chi connectivity index (χ1n) is 11.0. The van der Waals surface area contributed by atoms with Gasteiger partial charge in [-0.3, -0.25) is 4.79 Å². The molecule has 3 aromatic rings. The molecule has 0 bridgehead atoms. The van der Waals surface area contributed by atoms with Crippen molar-refractivity contribution in [2.24, 2.45) is 5.41 Å². The van der Waals surface area contributed by atoms with Crippen molar-refractivity contribution in [3.05, 3.63) is 48.5 Å². The van der Waals surface area contributed by atoms with Gasteiger partial charge in [-0.15, -0.1) is 0 Å². The molecule has 2 fully saturated rings. The summed E-state index contributed by atoms with van der Waals surface area (Å²) in [6.45, 7) is 3.67. The first-order chi connectivity index (χ1) is 15.6. The second-order valence-electron chi connectivity index (χ2n) is 8.53. The third-order valence-electron chi connectivity index (χ3n) is 6.46. The SMILES string of the molecule is CNCCOc1ccc(-c2cc(N3CC4(CCNC4=O)C3)c3ccc(OC)cc3n2)cc1. The lowest BCUT2D eigenvalue weighted by atomic mass is 9.78. The van der Waals surface area contributed by atoms with Crippen molar-refractivity contribution in [1.82, 2.24) is 15.6 Å². The molecule has 0 aliphatic carbocycles. The van der Waals surface area contributed by atoms with Crippen LogP contribution in [-0.2, 0) is 4.79 Å². The number of benzene rings is 2. The number of ether oxygens (including phenoxy) is 2. The molecule has 0 saturated carbocycles. The fraction of sp³-hybridized carbons (Fsp3) is 0.360. The molecular formula is C25H28N4O3. The first-order valence-corrected chi connectivity index (χ1v) is 11.0. The van der Waals surface area contributed by atoms with Crippen LogP contribution in [0.2, 0.25) is 0 Å². The Balaban J connectivity index is 1.49. The summed E-state index contributed by atoms with van der Waals surface area (Å²) >= 11 is 0. The minimum Gasteiger partial charge on any atom is -0.497 e. The van der Waals surface area contributed by atoms with Gasteiger partial charge in [0.15, 0.2) is 0 Å². The number of hydrogen-bond acceptors (Lipinski definition) is 6. The van der Waals surface area contributed by atoms with Gasteiger partial charge in [0.25, 0.3) is 0 Å². The summed E-state index contributed by atoms with van der Waals surface area (Å²) in [4.78, 5) is 19.6. The molecule has 2 aliphatic rings. The van der Waals surface area contributed by atoms with E-state index in [1.54, 1.807) is 7.11 Å². The molecule has 166 valence electrons. The molecule has 3 heterocycles. The van der Waals surface area contributed by atoms with Crippen molar-refractivity contribution in [1.29, 1.82) is 0 Å². The van der Waals surface area contributed by atoms with Gasteiger partial charge in [-0.05, 0) is 55.9 Å². The molecule has 1 amide bonds. The van der Waals surface area contributed by atoms with Gasteiger partial charge in [0, 0.05) is 48.9 Å². The highest BCUT2D eigenvalue weighted by Gasteiger charge is 2.52. The van der Waals surface area contributed by atoms with Crippen LogP contribution in [0.15, 0.2) is 48.5 Å². The van der Waals surface area contributed by atoms with Crippen molar-refractivity contribution >= 4 is 22.5 Å². The van der Waals surface area contributed by atoms with Gasteiger partial charge in [0.2, 0.25) is 5.91 Å². The number of fused-ring (bicyclic) bond motifs is 1. The number of carbonyl (C=O) groups excluding carboxylic acids is 1. The standard InChI is InChI=1S/C25H28N4O3/c1-26-11-12-32-18-5-3-17(4-6-18)21-14-23(20-8-7-19(31-2)13-22(20)28-21)29-15-25(16-29)9-10-27-24(25)30/h3-8,13-14,26H,9-12,15-16H2,1-2H3,(H,27,30). The summed E-state index contributed by atoms with van der Waals surface area (Å²) in [7, 11) is 3.57. The number of amides is 1. The van der Waals surface area contributed by atoms with Crippen LogP contribution in [0.4, 0.5) is 5.69 Å². The summed E-state index contributed by atoms with van der Waals surface area (Å²) in [6.07, 6.45) is 0.904. The van der Waals surface area contributed by atoms with E-state index >= 15 is 0 Å². The van der Waals surface area contributed by atoms with Gasteiger partial charge >= 0.3 is 0 Å². The van der Waals surface area contributed by atoms with E-state index in [1.807, 2.05) is 43.4 Å². The maximum Gasteiger partial charge on any atom is 0.229 e. The number of pyridine rings is 1. The molecule has 32 heavy (non-hydrogen) atoms. The predicted octanol–water partition coefficient (Wildman–Crippen LogP) is 2.83. The molecular weight excluding hydrogens is 404 g/mol. The largest absolute Gasteiger partial charge is 0.497 e. The number of anilines is 1. The van der Waals surface area contributed by atoms with Crippen LogP contribution in [-0.4, -0.2) is 57.8 Å². The van der Waals surface area contributed by atoms with Crippen LogP contribution in [0.5, 0.6) is 11.5 Å². The average Bonchev–Trinajstić information content (AvgIpc) is 3.19. The van der Waals surface area contributed by atoms with E-state index in [2.05, 4.69) is 27.7 Å². The van der Waals surface area contributed by atoms with Crippen LogP contribution in [0.25, 0.3) is 22.2 Å². The highest BCUT2D eigenvalue weighted by Crippen LogP contribution is 2.43. The fourth-order valence-corrected chi connectivity index (χ4v) is 4.59. The van der Waals surface area contributed by atoms with Crippen molar-refractivity contribution in [3.63, 3.8) is 0 Å². The highest BCUT2D eigenvalue weighted by molar-refractivity contribution is 5.97. The third kappa shape index (κ3) is 3.62. The van der Waals surface area contributed by atoms with Crippen molar-refractivity contribution in [2.45, 2.75) is 6.42 Å². The van der Waals surface area contributed by atoms with E-state index in [4.69, 9.17) is 14.5 Å². The van der Waals surface area contributed by atoms with Crippen LogP contribution < -0.4 is 25.0 Å². The van der Waals surface area contributed by atoms with Crippen LogP contribution in [0.3, 0.4) is 0 Å². The Bertz CT molecular complexity index is 1140. The fourth-order valence-electron chi connectivity index (χ4n) is 4.59. The molecule has 0 unspecified atom stereocenters. The van der Waals surface area contributed by atoms with Crippen molar-refractivity contribution in [3.8, 4) is 22.8 Å². The Hall–Kier alpha value is -3.32. The third-order valence-corrected chi connectivity index (χ3v) is 6.46. The molecule has 0 radical (unpaired) electrons. The Morgan fingerprint density at radius 3 is 2.59 bits per heavy atom. The number of rotatable bonds is 7. The first kappa shape index (κ1) is 20.6. The highest BCUT2D eigenvalue weighted by atomic mass is 16.5. The number of aromatic nitrogens is 1. The molecule has 1 aromatic heterocycles. The lowest BCUT2D eigenvalue weighted by molar-refractivity contribution is -0.128. The van der Waals surface area contributed by atoms with E-state index < -0.39 is 0 Å². The zero-order valence-electron chi connectivity index (χ0n) is 18.5. The molecule has 0 atom stereocenters. The van der Waals surface area contributed by atoms with Crippen molar-refractivity contribution in [2.75, 3.05) is 51.8 Å².